The number of hydrogen-bond acceptors (Lipinski definition) is 4. The Hall–Kier alpha value is -2.92. The van der Waals surface area contributed by atoms with Gasteiger partial charge in [-0.25, -0.2) is 0 Å². The summed E-state index contributed by atoms with van der Waals surface area (Å²) in [5.41, 5.74) is 2.27. The van der Waals surface area contributed by atoms with Crippen LogP contribution >= 0.6 is 11.6 Å². The summed E-state index contributed by atoms with van der Waals surface area (Å²) in [6, 6.07) is 13.5. The van der Waals surface area contributed by atoms with Gasteiger partial charge in [-0.15, -0.1) is 0 Å². The number of carbonyl (C=O) groups excluding carboxylic acids is 3. The molecule has 2 fully saturated rings. The molecule has 31 heavy (non-hydrogen) atoms. The number of rotatable bonds is 5. The Morgan fingerprint density at radius 3 is 2.52 bits per heavy atom. The van der Waals surface area contributed by atoms with Crippen molar-refractivity contribution in [1.29, 1.82) is 0 Å². The van der Waals surface area contributed by atoms with E-state index in [9.17, 15) is 14.4 Å². The standard InChI is InChI=1S/C25H23ClN2O3/c1-2-3-13-27-24(30)20-19-11-9-16-14-17(26)10-12-18(16)28(19)22(21(20)25(27)31)23(29)15-7-5-4-6-8-15/h4-12,14,19-22H,2-3,13H2,1H3/t19-,20+,21-,22-/m1/s1. The van der Waals surface area contributed by atoms with E-state index < -0.39 is 17.9 Å². The molecule has 3 heterocycles. The molecule has 5 rings (SSSR count). The molecule has 3 aliphatic rings. The molecule has 0 unspecified atom stereocenters. The van der Waals surface area contributed by atoms with Crippen molar-refractivity contribution in [3.05, 3.63) is 70.8 Å². The fourth-order valence-corrected chi connectivity index (χ4v) is 5.40. The van der Waals surface area contributed by atoms with Gasteiger partial charge in [-0.1, -0.05) is 67.4 Å². The summed E-state index contributed by atoms with van der Waals surface area (Å²) in [6.07, 6.45) is 5.55. The largest absolute Gasteiger partial charge is 0.352 e. The van der Waals surface area contributed by atoms with Crippen LogP contribution in [0.25, 0.3) is 6.08 Å². The number of amides is 2. The predicted octanol–water partition coefficient (Wildman–Crippen LogP) is 4.21. The Bertz CT molecular complexity index is 1100. The molecule has 0 spiro atoms. The van der Waals surface area contributed by atoms with Gasteiger partial charge in [0, 0.05) is 22.8 Å². The van der Waals surface area contributed by atoms with Gasteiger partial charge in [-0.3, -0.25) is 19.3 Å². The number of Topliss-reactive ketones (excluding diaryl/α,β-unsaturated/α-hetero) is 1. The smallest absolute Gasteiger partial charge is 0.235 e. The number of ketones is 1. The van der Waals surface area contributed by atoms with E-state index in [1.807, 2.05) is 54.3 Å². The minimum Gasteiger partial charge on any atom is -0.352 e. The Kier molecular flexibility index (Phi) is 4.94. The summed E-state index contributed by atoms with van der Waals surface area (Å²) in [4.78, 5) is 43.9. The maximum absolute atomic E-state index is 13.7. The van der Waals surface area contributed by atoms with Gasteiger partial charge in [0.1, 0.15) is 6.04 Å². The summed E-state index contributed by atoms with van der Waals surface area (Å²) < 4.78 is 0. The van der Waals surface area contributed by atoms with Crippen molar-refractivity contribution in [2.24, 2.45) is 11.8 Å². The Labute approximate surface area is 186 Å². The van der Waals surface area contributed by atoms with Crippen LogP contribution in [-0.2, 0) is 9.59 Å². The van der Waals surface area contributed by atoms with Crippen molar-refractivity contribution < 1.29 is 14.4 Å². The minimum absolute atomic E-state index is 0.132. The molecule has 158 valence electrons. The molecule has 2 aromatic carbocycles. The zero-order valence-electron chi connectivity index (χ0n) is 17.2. The van der Waals surface area contributed by atoms with Crippen LogP contribution in [0.15, 0.2) is 54.6 Å². The highest BCUT2D eigenvalue weighted by Gasteiger charge is 2.63. The van der Waals surface area contributed by atoms with E-state index in [0.717, 1.165) is 24.1 Å². The number of unbranched alkanes of at least 4 members (excludes halogenated alkanes) is 1. The molecule has 2 saturated heterocycles. The first kappa shape index (κ1) is 20.0. The van der Waals surface area contributed by atoms with Gasteiger partial charge in [-0.2, -0.15) is 0 Å². The number of imide groups is 1. The zero-order chi connectivity index (χ0) is 21.7. The lowest BCUT2D eigenvalue weighted by Gasteiger charge is -2.36. The third-order valence-corrected chi connectivity index (χ3v) is 6.86. The molecule has 0 radical (unpaired) electrons. The highest BCUT2D eigenvalue weighted by atomic mass is 35.5. The maximum Gasteiger partial charge on any atom is 0.235 e. The SMILES string of the molecule is CCCCN1C(=O)[C@@H]2[C@@H](C1=O)[C@H](C(=O)c1ccccc1)N1c3ccc(Cl)cc3C=C[C@H]21. The second-order valence-electron chi connectivity index (χ2n) is 8.37. The number of anilines is 1. The van der Waals surface area contributed by atoms with Crippen LogP contribution in [0.1, 0.15) is 35.7 Å². The number of halogens is 1. The second-order valence-corrected chi connectivity index (χ2v) is 8.80. The number of carbonyl (C=O) groups is 3. The minimum atomic E-state index is -0.731. The molecule has 0 saturated carbocycles. The average Bonchev–Trinajstić information content (AvgIpc) is 3.25. The number of benzene rings is 2. The third kappa shape index (κ3) is 3.02. The molecule has 4 atom stereocenters. The van der Waals surface area contributed by atoms with E-state index in [-0.39, 0.29) is 23.6 Å². The zero-order valence-corrected chi connectivity index (χ0v) is 18.0. The normalized spacial score (nSPS) is 26.1. The maximum atomic E-state index is 13.7. The first-order valence-electron chi connectivity index (χ1n) is 10.7. The third-order valence-electron chi connectivity index (χ3n) is 6.62. The summed E-state index contributed by atoms with van der Waals surface area (Å²) in [7, 11) is 0. The summed E-state index contributed by atoms with van der Waals surface area (Å²) >= 11 is 6.19. The highest BCUT2D eigenvalue weighted by Crippen LogP contribution is 2.49. The molecule has 0 aliphatic carbocycles. The molecule has 2 aromatic rings. The van der Waals surface area contributed by atoms with E-state index in [1.54, 1.807) is 18.2 Å². The van der Waals surface area contributed by atoms with Gasteiger partial charge in [0.2, 0.25) is 11.8 Å². The highest BCUT2D eigenvalue weighted by molar-refractivity contribution is 6.30. The fraction of sp³-hybridized carbons (Fsp3) is 0.320. The molecule has 6 heteroatoms. The lowest BCUT2D eigenvalue weighted by atomic mass is 9.86. The van der Waals surface area contributed by atoms with Gasteiger partial charge in [0.05, 0.1) is 17.9 Å². The summed E-state index contributed by atoms with van der Waals surface area (Å²) in [5.74, 6) is -1.76. The van der Waals surface area contributed by atoms with Crippen LogP contribution in [0.5, 0.6) is 0 Å². The van der Waals surface area contributed by atoms with Crippen molar-refractivity contribution in [1.82, 2.24) is 4.90 Å². The van der Waals surface area contributed by atoms with Crippen LogP contribution in [0.3, 0.4) is 0 Å². The lowest BCUT2D eigenvalue weighted by molar-refractivity contribution is -0.140. The first-order valence-corrected chi connectivity index (χ1v) is 11.1. The van der Waals surface area contributed by atoms with E-state index in [1.165, 1.54) is 4.90 Å². The van der Waals surface area contributed by atoms with Gasteiger partial charge >= 0.3 is 0 Å². The van der Waals surface area contributed by atoms with Gasteiger partial charge < -0.3 is 4.90 Å². The topological polar surface area (TPSA) is 57.7 Å². The van der Waals surface area contributed by atoms with E-state index in [4.69, 9.17) is 11.6 Å². The molecule has 0 N–H and O–H groups in total. The Balaban J connectivity index is 1.63. The van der Waals surface area contributed by atoms with E-state index >= 15 is 0 Å². The van der Waals surface area contributed by atoms with Gasteiger partial charge in [0.25, 0.3) is 0 Å². The molecular weight excluding hydrogens is 412 g/mol. The van der Waals surface area contributed by atoms with Crippen LogP contribution < -0.4 is 4.90 Å². The van der Waals surface area contributed by atoms with E-state index in [0.29, 0.717) is 17.1 Å². The van der Waals surface area contributed by atoms with Crippen LogP contribution in [0.4, 0.5) is 5.69 Å². The molecular formula is C25H23ClN2O3. The number of nitrogens with zero attached hydrogens (tertiary/aromatic N) is 2. The average molecular weight is 435 g/mol. The summed E-state index contributed by atoms with van der Waals surface area (Å²) in [5, 5.41) is 0.602. The molecule has 3 aliphatic heterocycles. The number of fused-ring (bicyclic) bond motifs is 5. The molecule has 0 aromatic heterocycles. The fourth-order valence-electron chi connectivity index (χ4n) is 5.22. The van der Waals surface area contributed by atoms with Crippen molar-refractivity contribution in [2.45, 2.75) is 31.8 Å². The first-order chi connectivity index (χ1) is 15.0. The van der Waals surface area contributed by atoms with Crippen LogP contribution in [-0.4, -0.2) is 41.1 Å². The molecule has 2 amide bonds. The quantitative estimate of drug-likeness (QED) is 0.522. The summed E-state index contributed by atoms with van der Waals surface area (Å²) in [6.45, 7) is 2.44. The van der Waals surface area contributed by atoms with Crippen molar-refractivity contribution >= 4 is 41.0 Å². The predicted molar refractivity (Wildman–Crippen MR) is 120 cm³/mol. The van der Waals surface area contributed by atoms with Crippen molar-refractivity contribution in [2.75, 3.05) is 11.4 Å². The molecule has 5 nitrogen and oxygen atoms in total. The van der Waals surface area contributed by atoms with Crippen molar-refractivity contribution in [3.63, 3.8) is 0 Å². The molecule has 0 bridgehead atoms. The number of likely N-dealkylation sites (tertiary alicyclic amines) is 1. The van der Waals surface area contributed by atoms with Crippen LogP contribution in [0, 0.1) is 11.8 Å². The van der Waals surface area contributed by atoms with E-state index in [2.05, 4.69) is 0 Å². The van der Waals surface area contributed by atoms with Crippen LogP contribution in [0.2, 0.25) is 5.02 Å². The lowest BCUT2D eigenvalue weighted by Crippen LogP contribution is -2.48. The number of hydrogen-bond donors (Lipinski definition) is 0. The Morgan fingerprint density at radius 2 is 1.77 bits per heavy atom. The Morgan fingerprint density at radius 1 is 1.03 bits per heavy atom. The monoisotopic (exact) mass is 434 g/mol. The van der Waals surface area contributed by atoms with Gasteiger partial charge in [0.15, 0.2) is 5.78 Å². The van der Waals surface area contributed by atoms with Gasteiger partial charge in [-0.05, 0) is 30.2 Å². The second kappa shape index (κ2) is 7.65. The van der Waals surface area contributed by atoms with Crippen molar-refractivity contribution in [3.8, 4) is 0 Å².